The number of fused-ring (bicyclic) bond motifs is 1. The Bertz CT molecular complexity index is 627. The number of urea groups is 1. The monoisotopic (exact) mass is 391 g/mol. The second kappa shape index (κ2) is 10.3. The highest BCUT2D eigenvalue weighted by atomic mass is 16.5. The number of amides is 2. The van der Waals surface area contributed by atoms with Gasteiger partial charge in [-0.25, -0.2) is 4.79 Å². The van der Waals surface area contributed by atoms with E-state index in [1.807, 2.05) is 11.9 Å². The third-order valence-electron chi connectivity index (χ3n) is 5.88. The van der Waals surface area contributed by atoms with Gasteiger partial charge in [-0.2, -0.15) is 0 Å². The van der Waals surface area contributed by atoms with E-state index in [-0.39, 0.29) is 18.7 Å². The summed E-state index contributed by atoms with van der Waals surface area (Å²) in [5.74, 6) is 7.30. The maximum atomic E-state index is 12.3. The third-order valence-corrected chi connectivity index (χ3v) is 5.88. The van der Waals surface area contributed by atoms with Crippen LogP contribution in [0.25, 0.3) is 0 Å². The highest BCUT2D eigenvalue weighted by Gasteiger charge is 2.35. The van der Waals surface area contributed by atoms with E-state index in [0.717, 1.165) is 31.5 Å². The van der Waals surface area contributed by atoms with Crippen molar-refractivity contribution in [1.82, 2.24) is 15.5 Å². The molecule has 156 valence electrons. The molecule has 2 aliphatic carbocycles. The first-order valence-corrected chi connectivity index (χ1v) is 10.4. The Kier molecular flexibility index (Phi) is 7.74. The van der Waals surface area contributed by atoms with Crippen molar-refractivity contribution < 1.29 is 19.7 Å². The Morgan fingerprint density at radius 3 is 2.96 bits per heavy atom. The van der Waals surface area contributed by atoms with Gasteiger partial charge in [0.2, 0.25) is 0 Å². The lowest BCUT2D eigenvalue weighted by atomic mass is 9.78. The molecule has 1 heterocycles. The fourth-order valence-electron chi connectivity index (χ4n) is 4.27. The van der Waals surface area contributed by atoms with E-state index >= 15 is 0 Å². The number of rotatable bonds is 7. The summed E-state index contributed by atoms with van der Waals surface area (Å²) in [7, 11) is 1.94. The minimum atomic E-state index is -0.827. The number of carbonyl (C=O) groups is 1. The molecule has 0 bridgehead atoms. The first-order valence-electron chi connectivity index (χ1n) is 10.4. The van der Waals surface area contributed by atoms with Crippen LogP contribution in [0, 0.1) is 23.7 Å². The first kappa shape index (κ1) is 21.1. The van der Waals surface area contributed by atoms with E-state index in [1.54, 1.807) is 0 Å². The maximum Gasteiger partial charge on any atom is 0.318 e. The SMILES string of the molecule is CN(CCCNC(=O)NC1=CCC#CC2CCCCC12)CC1OCC(O)C1O. The summed E-state index contributed by atoms with van der Waals surface area (Å²) in [4.78, 5) is 14.3. The number of nitrogens with zero attached hydrogens (tertiary/aromatic N) is 1. The molecule has 0 aromatic heterocycles. The maximum absolute atomic E-state index is 12.3. The van der Waals surface area contributed by atoms with Crippen molar-refractivity contribution >= 4 is 6.03 Å². The average molecular weight is 392 g/mol. The topological polar surface area (TPSA) is 94.1 Å². The number of allylic oxidation sites excluding steroid dienone is 2. The van der Waals surface area contributed by atoms with Crippen molar-refractivity contribution in [3.63, 3.8) is 0 Å². The summed E-state index contributed by atoms with van der Waals surface area (Å²) in [5.41, 5.74) is 1.02. The molecule has 2 fully saturated rings. The Balaban J connectivity index is 1.34. The summed E-state index contributed by atoms with van der Waals surface area (Å²) >= 11 is 0. The number of likely N-dealkylation sites (N-methyl/N-ethyl adjacent to an activating group) is 1. The number of nitrogens with one attached hydrogen (secondary N) is 2. The fourth-order valence-corrected chi connectivity index (χ4v) is 4.27. The molecule has 0 aromatic carbocycles. The fraction of sp³-hybridized carbons (Fsp3) is 0.762. The van der Waals surface area contributed by atoms with Crippen LogP contribution in [0.2, 0.25) is 0 Å². The Labute approximate surface area is 167 Å². The molecular formula is C21H33N3O4. The molecule has 3 aliphatic rings. The van der Waals surface area contributed by atoms with Crippen LogP contribution in [0.3, 0.4) is 0 Å². The van der Waals surface area contributed by atoms with Gasteiger partial charge in [-0.1, -0.05) is 30.8 Å². The number of carbonyl (C=O) groups excluding carboxylic acids is 1. The molecule has 7 heteroatoms. The Morgan fingerprint density at radius 1 is 1.36 bits per heavy atom. The van der Waals surface area contributed by atoms with Crippen LogP contribution >= 0.6 is 0 Å². The highest BCUT2D eigenvalue weighted by Crippen LogP contribution is 2.34. The van der Waals surface area contributed by atoms with E-state index in [9.17, 15) is 15.0 Å². The first-order chi connectivity index (χ1) is 13.5. The van der Waals surface area contributed by atoms with Crippen LogP contribution < -0.4 is 10.6 Å². The van der Waals surface area contributed by atoms with E-state index in [4.69, 9.17) is 4.74 Å². The van der Waals surface area contributed by atoms with Gasteiger partial charge in [-0.05, 0) is 32.9 Å². The largest absolute Gasteiger partial charge is 0.388 e. The molecule has 1 saturated heterocycles. The van der Waals surface area contributed by atoms with Gasteiger partial charge < -0.3 is 30.5 Å². The lowest BCUT2D eigenvalue weighted by Crippen LogP contribution is -2.41. The van der Waals surface area contributed by atoms with Gasteiger partial charge in [-0.15, -0.1) is 0 Å². The molecule has 5 atom stereocenters. The lowest BCUT2D eigenvalue weighted by molar-refractivity contribution is 0.00847. The van der Waals surface area contributed by atoms with Crippen LogP contribution in [0.5, 0.6) is 0 Å². The molecule has 3 rings (SSSR count). The smallest absolute Gasteiger partial charge is 0.318 e. The van der Waals surface area contributed by atoms with Crippen LogP contribution in [-0.4, -0.2) is 72.7 Å². The summed E-state index contributed by atoms with van der Waals surface area (Å²) in [6.45, 7) is 2.08. The van der Waals surface area contributed by atoms with Crippen molar-refractivity contribution in [2.75, 3.05) is 33.3 Å². The highest BCUT2D eigenvalue weighted by molar-refractivity contribution is 5.76. The van der Waals surface area contributed by atoms with Gasteiger partial charge in [0.05, 0.1) is 12.7 Å². The van der Waals surface area contributed by atoms with Crippen molar-refractivity contribution in [3.05, 3.63) is 11.8 Å². The zero-order valence-electron chi connectivity index (χ0n) is 16.7. The Morgan fingerprint density at radius 2 is 2.18 bits per heavy atom. The molecule has 5 unspecified atom stereocenters. The minimum absolute atomic E-state index is 0.155. The van der Waals surface area contributed by atoms with E-state index in [0.29, 0.717) is 31.3 Å². The van der Waals surface area contributed by atoms with Gasteiger partial charge in [0.15, 0.2) is 0 Å². The normalized spacial score (nSPS) is 32.0. The molecule has 0 aromatic rings. The van der Waals surface area contributed by atoms with Crippen molar-refractivity contribution in [1.29, 1.82) is 0 Å². The number of aliphatic hydroxyl groups is 2. The molecule has 0 radical (unpaired) electrons. The predicted molar refractivity (Wildman–Crippen MR) is 106 cm³/mol. The number of hydrogen-bond donors (Lipinski definition) is 4. The molecular weight excluding hydrogens is 358 g/mol. The van der Waals surface area contributed by atoms with Crippen molar-refractivity contribution in [2.45, 2.75) is 56.8 Å². The number of ether oxygens (including phenoxy) is 1. The summed E-state index contributed by atoms with van der Waals surface area (Å²) in [5, 5.41) is 25.3. The van der Waals surface area contributed by atoms with Crippen LogP contribution in [-0.2, 0) is 4.74 Å². The van der Waals surface area contributed by atoms with Gasteiger partial charge in [0.25, 0.3) is 0 Å². The zero-order chi connectivity index (χ0) is 19.9. The number of aliphatic hydroxyl groups excluding tert-OH is 2. The third kappa shape index (κ3) is 5.71. The lowest BCUT2D eigenvalue weighted by Gasteiger charge is -2.29. The van der Waals surface area contributed by atoms with Gasteiger partial charge in [-0.3, -0.25) is 0 Å². The van der Waals surface area contributed by atoms with Gasteiger partial charge in [0, 0.05) is 37.0 Å². The second-order valence-corrected chi connectivity index (χ2v) is 8.11. The van der Waals surface area contributed by atoms with Crippen LogP contribution in [0.4, 0.5) is 4.79 Å². The standard InChI is InChI=1S/C21H33N3O4/c1-24(13-19-20(26)18(25)14-28-19)12-6-11-22-21(27)23-17-10-5-3-8-15-7-2-4-9-16(15)17/h10,15-16,18-20,25-26H,2,4-7,9,11-14H2,1H3,(H2,22,23,27). The predicted octanol–water partition coefficient (Wildman–Crippen LogP) is 0.826. The molecule has 4 N–H and O–H groups in total. The molecule has 0 spiro atoms. The molecule has 1 aliphatic heterocycles. The summed E-state index contributed by atoms with van der Waals surface area (Å²) in [6, 6.07) is -0.155. The van der Waals surface area contributed by atoms with Crippen LogP contribution in [0.15, 0.2) is 11.8 Å². The molecule has 7 nitrogen and oxygen atoms in total. The molecule has 28 heavy (non-hydrogen) atoms. The van der Waals surface area contributed by atoms with Crippen molar-refractivity contribution in [3.8, 4) is 11.8 Å². The minimum Gasteiger partial charge on any atom is -0.388 e. The quantitative estimate of drug-likeness (QED) is 0.381. The van der Waals surface area contributed by atoms with Gasteiger partial charge in [0.1, 0.15) is 12.2 Å². The number of hydrogen-bond acceptors (Lipinski definition) is 5. The van der Waals surface area contributed by atoms with Gasteiger partial charge >= 0.3 is 6.03 Å². The van der Waals surface area contributed by atoms with E-state index in [2.05, 4.69) is 28.6 Å². The second-order valence-electron chi connectivity index (χ2n) is 8.11. The zero-order valence-corrected chi connectivity index (χ0v) is 16.7. The van der Waals surface area contributed by atoms with E-state index < -0.39 is 12.2 Å². The Hall–Kier alpha value is -1.59. The average Bonchev–Trinajstić information content (AvgIpc) is 2.89. The van der Waals surface area contributed by atoms with Crippen LogP contribution in [0.1, 0.15) is 38.5 Å². The van der Waals surface area contributed by atoms with E-state index in [1.165, 1.54) is 12.8 Å². The molecule has 1 saturated carbocycles. The van der Waals surface area contributed by atoms with Crippen molar-refractivity contribution in [2.24, 2.45) is 11.8 Å². The summed E-state index contributed by atoms with van der Waals surface area (Å²) in [6.07, 6.45) is 6.24. The summed E-state index contributed by atoms with van der Waals surface area (Å²) < 4.78 is 5.39. The molecule has 2 amide bonds.